The van der Waals surface area contributed by atoms with E-state index in [1.807, 2.05) is 12.1 Å². The SMILES string of the molecule is CCOC(=O)CNCc1ccc(OC)c(-c2ccc(O)c3c2C[C@@H]2C[C@@H]4[C@@H](N(C)C)C(=O)C(C(N)=O)C(=O)[C@]4(O)C(=O)C2C3=O)c1. The number of hydrogen-bond donors (Lipinski definition) is 4. The van der Waals surface area contributed by atoms with E-state index in [9.17, 15) is 39.0 Å². The number of nitrogens with one attached hydrogen (secondary N) is 1. The van der Waals surface area contributed by atoms with Crippen LogP contribution >= 0.6 is 0 Å². The largest absolute Gasteiger partial charge is 0.507 e. The Bertz CT molecular complexity index is 1650. The summed E-state index contributed by atoms with van der Waals surface area (Å²) in [7, 11) is 4.56. The second kappa shape index (κ2) is 12.4. The topological polar surface area (TPSA) is 203 Å². The van der Waals surface area contributed by atoms with Crippen molar-refractivity contribution in [3.63, 3.8) is 0 Å². The van der Waals surface area contributed by atoms with Crippen LogP contribution in [0.25, 0.3) is 11.1 Å². The Morgan fingerprint density at radius 3 is 2.43 bits per heavy atom. The quantitative estimate of drug-likeness (QED) is 0.216. The second-order valence-corrected chi connectivity index (χ2v) is 12.2. The molecule has 0 spiro atoms. The van der Waals surface area contributed by atoms with E-state index in [0.29, 0.717) is 29.0 Å². The van der Waals surface area contributed by atoms with Crippen LogP contribution in [0.5, 0.6) is 11.5 Å². The van der Waals surface area contributed by atoms with Crippen molar-refractivity contribution in [3.05, 3.63) is 47.0 Å². The van der Waals surface area contributed by atoms with E-state index in [1.54, 1.807) is 19.1 Å². The third kappa shape index (κ3) is 5.17. The van der Waals surface area contributed by atoms with Gasteiger partial charge in [-0.15, -0.1) is 0 Å². The van der Waals surface area contributed by atoms with Crippen molar-refractivity contribution in [3.8, 4) is 22.6 Å². The van der Waals surface area contributed by atoms with Crippen molar-refractivity contribution in [2.75, 3.05) is 34.4 Å². The van der Waals surface area contributed by atoms with Crippen molar-refractivity contribution in [2.24, 2.45) is 29.4 Å². The van der Waals surface area contributed by atoms with Gasteiger partial charge in [-0.1, -0.05) is 12.1 Å². The smallest absolute Gasteiger partial charge is 0.319 e. The average molecular weight is 636 g/mol. The number of methoxy groups -OCH3 is 1. The molecule has 5 rings (SSSR count). The van der Waals surface area contributed by atoms with Crippen molar-refractivity contribution in [1.82, 2.24) is 10.2 Å². The summed E-state index contributed by atoms with van der Waals surface area (Å²) < 4.78 is 10.6. The van der Waals surface area contributed by atoms with Crippen molar-refractivity contribution in [1.29, 1.82) is 0 Å². The Balaban J connectivity index is 1.57. The molecule has 2 saturated carbocycles. The number of ketones is 4. The lowest BCUT2D eigenvalue weighted by atomic mass is 9.52. The molecule has 244 valence electrons. The van der Waals surface area contributed by atoms with Gasteiger partial charge in [-0.05, 0) is 74.7 Å². The van der Waals surface area contributed by atoms with E-state index >= 15 is 0 Å². The third-order valence-corrected chi connectivity index (χ3v) is 9.40. The molecule has 2 fully saturated rings. The minimum Gasteiger partial charge on any atom is -0.507 e. The maximum atomic E-state index is 14.1. The molecule has 13 nitrogen and oxygen atoms in total. The minimum atomic E-state index is -2.79. The molecule has 1 amide bonds. The number of fused-ring (bicyclic) bond motifs is 3. The molecule has 2 aromatic carbocycles. The number of aliphatic hydroxyl groups is 1. The molecule has 0 aromatic heterocycles. The highest BCUT2D eigenvalue weighted by Crippen LogP contribution is 2.52. The molecule has 0 bridgehead atoms. The zero-order valence-corrected chi connectivity index (χ0v) is 26.0. The molecule has 0 aliphatic heterocycles. The van der Waals surface area contributed by atoms with Crippen molar-refractivity contribution in [2.45, 2.75) is 38.0 Å². The number of phenols is 1. The van der Waals surface area contributed by atoms with Crippen LogP contribution in [0, 0.1) is 23.7 Å². The van der Waals surface area contributed by atoms with E-state index in [1.165, 1.54) is 32.2 Å². The summed E-state index contributed by atoms with van der Waals surface area (Å²) in [6.07, 6.45) is 0.0397. The number of hydrogen-bond acceptors (Lipinski definition) is 12. The van der Waals surface area contributed by atoms with Crippen LogP contribution in [-0.2, 0) is 41.7 Å². The monoisotopic (exact) mass is 635 g/mol. The Kier molecular flexibility index (Phi) is 8.86. The Hall–Kier alpha value is -4.46. The van der Waals surface area contributed by atoms with Gasteiger partial charge in [-0.25, -0.2) is 0 Å². The van der Waals surface area contributed by atoms with Crippen LogP contribution in [0.15, 0.2) is 30.3 Å². The number of amides is 1. The van der Waals surface area contributed by atoms with Gasteiger partial charge in [0.05, 0.1) is 37.8 Å². The summed E-state index contributed by atoms with van der Waals surface area (Å²) in [5.74, 6) is -11.1. The molecule has 3 aliphatic rings. The highest BCUT2D eigenvalue weighted by molar-refractivity contribution is 6.32. The molecule has 3 aliphatic carbocycles. The summed E-state index contributed by atoms with van der Waals surface area (Å²) >= 11 is 0. The molecule has 2 aromatic rings. The zero-order chi connectivity index (χ0) is 33.7. The number of carbonyl (C=O) groups excluding carboxylic acids is 6. The number of likely N-dealkylation sites (N-methyl/N-ethyl adjacent to an activating group) is 1. The van der Waals surface area contributed by atoms with Gasteiger partial charge in [0.15, 0.2) is 34.7 Å². The standard InChI is InChI=1S/C33H37N3O10/c1-5-46-23(38)14-35-13-15-6-9-22(45-4)18(10-15)17-7-8-21(37)25-19(17)11-16-12-20-27(36(2)3)29(40)26(32(34)43)31(42)33(20,44)30(41)24(16)28(25)39/h6-10,16,20,24,26-27,35,37,44H,5,11-14H2,1-4H3,(H2,34,43)/t16-,20-,24?,26?,27-,33-/m1/s1. The Labute approximate surface area is 265 Å². The first-order valence-electron chi connectivity index (χ1n) is 15.0. The number of rotatable bonds is 9. The molecule has 0 radical (unpaired) electrons. The number of esters is 1. The molecule has 2 unspecified atom stereocenters. The van der Waals surface area contributed by atoms with E-state index < -0.39 is 70.3 Å². The van der Waals surface area contributed by atoms with Gasteiger partial charge in [0.1, 0.15) is 11.5 Å². The Morgan fingerprint density at radius 1 is 1.09 bits per heavy atom. The predicted octanol–water partition coefficient (Wildman–Crippen LogP) is 0.195. The van der Waals surface area contributed by atoms with Gasteiger partial charge in [0.2, 0.25) is 5.91 Å². The third-order valence-electron chi connectivity index (χ3n) is 9.40. The first-order chi connectivity index (χ1) is 21.8. The fourth-order valence-corrected chi connectivity index (χ4v) is 7.45. The van der Waals surface area contributed by atoms with Crippen LogP contribution in [0.2, 0.25) is 0 Å². The highest BCUT2D eigenvalue weighted by atomic mass is 16.5. The number of nitrogens with zero attached hydrogens (tertiary/aromatic N) is 1. The number of carbonyl (C=O) groups is 6. The Morgan fingerprint density at radius 2 is 1.80 bits per heavy atom. The molecular formula is C33H37N3O10. The highest BCUT2D eigenvalue weighted by Gasteiger charge is 2.69. The normalized spacial score (nSPS) is 27.1. The fourth-order valence-electron chi connectivity index (χ4n) is 7.45. The first kappa shape index (κ1) is 32.9. The molecule has 0 saturated heterocycles. The zero-order valence-electron chi connectivity index (χ0n) is 26.0. The summed E-state index contributed by atoms with van der Waals surface area (Å²) in [5, 5.41) is 25.7. The van der Waals surface area contributed by atoms with Gasteiger partial charge in [0, 0.05) is 18.0 Å². The predicted molar refractivity (Wildman–Crippen MR) is 162 cm³/mol. The minimum absolute atomic E-state index is 0.00204. The number of benzene rings is 2. The van der Waals surface area contributed by atoms with Crippen LogP contribution in [0.1, 0.15) is 34.8 Å². The number of phenolic OH excluding ortho intramolecular Hbond substituents is 1. The van der Waals surface area contributed by atoms with Gasteiger partial charge < -0.3 is 30.7 Å². The number of primary amides is 1. The summed E-state index contributed by atoms with van der Waals surface area (Å²) in [6, 6.07) is 7.16. The van der Waals surface area contributed by atoms with Crippen LogP contribution < -0.4 is 15.8 Å². The molecular weight excluding hydrogens is 598 g/mol. The van der Waals surface area contributed by atoms with Gasteiger partial charge in [-0.2, -0.15) is 0 Å². The molecule has 46 heavy (non-hydrogen) atoms. The number of nitrogens with two attached hydrogens (primary N) is 1. The summed E-state index contributed by atoms with van der Waals surface area (Å²) in [5.41, 5.74) is 4.87. The second-order valence-electron chi connectivity index (χ2n) is 12.2. The molecule has 13 heteroatoms. The summed E-state index contributed by atoms with van der Waals surface area (Å²) in [6.45, 7) is 2.30. The lowest BCUT2D eigenvalue weighted by Gasteiger charge is -2.52. The molecule has 5 N–H and O–H groups in total. The number of Topliss-reactive ketones (excluding diaryl/α,β-unsaturated/α-hetero) is 4. The average Bonchev–Trinajstić information content (AvgIpc) is 2.99. The summed E-state index contributed by atoms with van der Waals surface area (Å²) in [4.78, 5) is 80.4. The number of ether oxygens (including phenoxy) is 2. The van der Waals surface area contributed by atoms with Crippen molar-refractivity contribution < 1.29 is 48.5 Å². The maximum absolute atomic E-state index is 14.1. The van der Waals surface area contributed by atoms with Crippen LogP contribution in [0.4, 0.5) is 0 Å². The lowest BCUT2D eigenvalue weighted by Crippen LogP contribution is -2.74. The van der Waals surface area contributed by atoms with E-state index in [-0.39, 0.29) is 37.3 Å². The fraction of sp³-hybridized carbons (Fsp3) is 0.455. The van der Waals surface area contributed by atoms with Crippen LogP contribution in [-0.4, -0.2) is 96.1 Å². The lowest BCUT2D eigenvalue weighted by molar-refractivity contribution is -0.181. The van der Waals surface area contributed by atoms with Crippen molar-refractivity contribution >= 4 is 35.0 Å². The first-order valence-corrected chi connectivity index (χ1v) is 15.0. The molecule has 6 atom stereocenters. The van der Waals surface area contributed by atoms with E-state index in [2.05, 4.69) is 5.32 Å². The molecule has 0 heterocycles. The maximum Gasteiger partial charge on any atom is 0.319 e. The van der Waals surface area contributed by atoms with Gasteiger partial charge in [-0.3, -0.25) is 33.7 Å². The van der Waals surface area contributed by atoms with Gasteiger partial charge >= 0.3 is 5.97 Å². The number of aromatic hydroxyl groups is 1. The van der Waals surface area contributed by atoms with Crippen LogP contribution in [0.3, 0.4) is 0 Å². The van der Waals surface area contributed by atoms with E-state index in [0.717, 1.165) is 5.56 Å². The van der Waals surface area contributed by atoms with E-state index in [4.69, 9.17) is 15.2 Å². The van der Waals surface area contributed by atoms with Gasteiger partial charge in [0.25, 0.3) is 0 Å².